The highest BCUT2D eigenvalue weighted by Crippen LogP contribution is 2.47. The molecule has 0 radical (unpaired) electrons. The molecule has 1 aliphatic carbocycles. The monoisotopic (exact) mass is 887 g/mol. The first-order valence-corrected chi connectivity index (χ1v) is 24.9. The van der Waals surface area contributed by atoms with E-state index in [0.29, 0.717) is 19.3 Å². The smallest absolute Gasteiger partial charge is 0.462 e. The molecule has 354 valence electrons. The van der Waals surface area contributed by atoms with E-state index in [9.17, 15) is 44.6 Å². The predicted molar refractivity (Wildman–Crippen MR) is 239 cm³/mol. The Bertz CT molecular complexity index is 1250. The van der Waals surface area contributed by atoms with Crippen LogP contribution in [0.4, 0.5) is 0 Å². The van der Waals surface area contributed by atoms with Gasteiger partial charge in [-0.1, -0.05) is 165 Å². The molecule has 1 fully saturated rings. The van der Waals surface area contributed by atoms with E-state index in [1.54, 1.807) is 0 Å². The highest BCUT2D eigenvalue weighted by atomic mass is 31.2. The van der Waals surface area contributed by atoms with Crippen LogP contribution in [0.1, 0.15) is 181 Å². The minimum Gasteiger partial charge on any atom is -0.462 e. The van der Waals surface area contributed by atoms with Crippen LogP contribution in [0.3, 0.4) is 0 Å². The summed E-state index contributed by atoms with van der Waals surface area (Å²) in [6.07, 6.45) is 30.2. The Morgan fingerprint density at radius 1 is 0.508 bits per heavy atom. The van der Waals surface area contributed by atoms with Gasteiger partial charge in [0.1, 0.15) is 43.2 Å². The summed E-state index contributed by atoms with van der Waals surface area (Å²) in [5, 5.41) is 50.1. The van der Waals surface area contributed by atoms with Crippen molar-refractivity contribution in [3.05, 3.63) is 48.6 Å². The fraction of sp³-hybridized carbons (Fsp3) is 0.787. The van der Waals surface area contributed by atoms with Crippen LogP contribution in [0.15, 0.2) is 48.6 Å². The van der Waals surface area contributed by atoms with Crippen LogP contribution in [0, 0.1) is 0 Å². The van der Waals surface area contributed by atoms with Crippen LogP contribution in [-0.4, -0.2) is 98.3 Å². The Balaban J connectivity index is 2.49. The predicted octanol–water partition coefficient (Wildman–Crippen LogP) is 9.17. The first-order valence-electron chi connectivity index (χ1n) is 23.4. The normalized spacial score (nSPS) is 22.4. The summed E-state index contributed by atoms with van der Waals surface area (Å²) in [5.41, 5.74) is 0. The lowest BCUT2D eigenvalue weighted by Crippen LogP contribution is -2.64. The molecule has 1 aliphatic rings. The minimum atomic E-state index is -5.13. The maximum absolute atomic E-state index is 12.8. The zero-order valence-electron chi connectivity index (χ0n) is 37.4. The number of esters is 2. The van der Waals surface area contributed by atoms with Crippen molar-refractivity contribution in [2.75, 3.05) is 13.2 Å². The van der Waals surface area contributed by atoms with E-state index in [1.807, 2.05) is 12.2 Å². The molecular formula is C47H83O13P. The molecule has 0 spiro atoms. The molecule has 1 saturated carbocycles. The molecule has 14 heteroatoms. The van der Waals surface area contributed by atoms with Crippen molar-refractivity contribution < 1.29 is 63.1 Å². The molecule has 0 heterocycles. The number of phosphoric acid groups is 1. The molecule has 6 unspecified atom stereocenters. The number of hydrogen-bond acceptors (Lipinski definition) is 12. The molecule has 1 rings (SSSR count). The zero-order valence-corrected chi connectivity index (χ0v) is 38.3. The highest BCUT2D eigenvalue weighted by Gasteiger charge is 2.51. The fourth-order valence-corrected chi connectivity index (χ4v) is 7.84. The van der Waals surface area contributed by atoms with Crippen molar-refractivity contribution in [1.29, 1.82) is 0 Å². The summed E-state index contributed by atoms with van der Waals surface area (Å²) >= 11 is 0. The molecule has 0 aromatic rings. The number of aliphatic hydroxyl groups is 5. The Kier molecular flexibility index (Phi) is 34.7. The Morgan fingerprint density at radius 3 is 1.39 bits per heavy atom. The van der Waals surface area contributed by atoms with Gasteiger partial charge in [0.2, 0.25) is 0 Å². The minimum absolute atomic E-state index is 0.0869. The van der Waals surface area contributed by atoms with E-state index < -0.39 is 75.7 Å². The molecule has 0 aliphatic heterocycles. The van der Waals surface area contributed by atoms with Gasteiger partial charge in [-0.3, -0.25) is 18.6 Å². The second-order valence-electron chi connectivity index (χ2n) is 16.3. The summed E-state index contributed by atoms with van der Waals surface area (Å²) in [6, 6.07) is 0. The lowest BCUT2D eigenvalue weighted by Gasteiger charge is -2.41. The van der Waals surface area contributed by atoms with Gasteiger partial charge in [0.15, 0.2) is 6.10 Å². The van der Waals surface area contributed by atoms with Gasteiger partial charge in [0, 0.05) is 12.8 Å². The quantitative estimate of drug-likeness (QED) is 0.0148. The number of carbonyl (C=O) groups excluding carboxylic acids is 2. The first-order chi connectivity index (χ1) is 29.4. The van der Waals surface area contributed by atoms with Gasteiger partial charge in [-0.25, -0.2) is 4.57 Å². The van der Waals surface area contributed by atoms with Crippen molar-refractivity contribution in [3.8, 4) is 0 Å². The van der Waals surface area contributed by atoms with Crippen LogP contribution >= 0.6 is 7.82 Å². The van der Waals surface area contributed by atoms with Gasteiger partial charge in [-0.05, 0) is 51.4 Å². The van der Waals surface area contributed by atoms with Gasteiger partial charge in [0.05, 0.1) is 6.61 Å². The van der Waals surface area contributed by atoms with E-state index in [1.165, 1.54) is 83.5 Å². The lowest BCUT2D eigenvalue weighted by atomic mass is 9.85. The van der Waals surface area contributed by atoms with Crippen molar-refractivity contribution >= 4 is 19.8 Å². The maximum atomic E-state index is 12.8. The third kappa shape index (κ3) is 29.7. The number of ether oxygens (including phenoxy) is 2. The standard InChI is InChI=1S/C47H83O13P/c1-3-5-7-9-11-13-15-17-19-20-22-23-25-27-29-31-33-35-40(48)57-37-39(38-58-61(55,56)60-47-45(53)43(51)42(50)44(52)46(47)54)59-41(49)36-34-32-30-28-26-24-21-18-16-14-12-10-8-6-4-2/h11,13,17,19,22-23,27,29,39,42-47,50-54H,3-10,12,14-16,18,20-21,24-26,28,30-38H2,1-2H3,(H,55,56)/t39-,42?,43-,44?,45?,46?,47?/m1/s1. The third-order valence-corrected chi connectivity index (χ3v) is 11.7. The topological polar surface area (TPSA) is 210 Å². The van der Waals surface area contributed by atoms with Crippen molar-refractivity contribution in [2.24, 2.45) is 0 Å². The number of allylic oxidation sites excluding steroid dienone is 8. The molecule has 6 N–H and O–H groups in total. The molecule has 0 amide bonds. The number of phosphoric ester groups is 1. The Morgan fingerprint density at radius 2 is 0.902 bits per heavy atom. The molecule has 8 atom stereocenters. The number of rotatable bonds is 38. The van der Waals surface area contributed by atoms with Crippen LogP contribution in [0.2, 0.25) is 0 Å². The van der Waals surface area contributed by atoms with Crippen molar-refractivity contribution in [3.63, 3.8) is 0 Å². The zero-order chi connectivity index (χ0) is 45.0. The first kappa shape index (κ1) is 56.8. The summed E-state index contributed by atoms with van der Waals surface area (Å²) in [6.45, 7) is 3.23. The average molecular weight is 887 g/mol. The van der Waals surface area contributed by atoms with Crippen LogP contribution in [-0.2, 0) is 32.7 Å². The van der Waals surface area contributed by atoms with Gasteiger partial charge >= 0.3 is 19.8 Å². The van der Waals surface area contributed by atoms with Gasteiger partial charge in [-0.2, -0.15) is 0 Å². The van der Waals surface area contributed by atoms with E-state index in [-0.39, 0.29) is 12.8 Å². The average Bonchev–Trinajstić information content (AvgIpc) is 3.24. The van der Waals surface area contributed by atoms with Gasteiger partial charge < -0.3 is 39.9 Å². The lowest BCUT2D eigenvalue weighted by molar-refractivity contribution is -0.220. The van der Waals surface area contributed by atoms with E-state index in [2.05, 4.69) is 50.3 Å². The number of aliphatic hydroxyl groups excluding tert-OH is 5. The third-order valence-electron chi connectivity index (χ3n) is 10.7. The second-order valence-corrected chi connectivity index (χ2v) is 17.7. The summed E-state index contributed by atoms with van der Waals surface area (Å²) in [5.74, 6) is -1.16. The van der Waals surface area contributed by atoms with Crippen LogP contribution in [0.25, 0.3) is 0 Å². The second kappa shape index (κ2) is 37.2. The van der Waals surface area contributed by atoms with Gasteiger partial charge in [-0.15, -0.1) is 0 Å². The fourth-order valence-electron chi connectivity index (χ4n) is 6.87. The number of hydrogen-bond donors (Lipinski definition) is 6. The molecule has 0 aromatic carbocycles. The Labute approximate surface area is 367 Å². The van der Waals surface area contributed by atoms with E-state index >= 15 is 0 Å². The highest BCUT2D eigenvalue weighted by molar-refractivity contribution is 7.47. The SMILES string of the molecule is CCCCCC=CCC=CCC=CCC=CCCCC(=O)OC[C@H](COP(=O)(O)OC1C(O)C(O)C(O)[C@@H](O)C1O)OC(=O)CCCCCCCCCCCCCCCCC. The summed E-state index contributed by atoms with van der Waals surface area (Å²) in [7, 11) is -5.13. The number of unbranched alkanes of at least 4 members (excludes halogenated alkanes) is 18. The van der Waals surface area contributed by atoms with Crippen LogP contribution < -0.4 is 0 Å². The van der Waals surface area contributed by atoms with Crippen LogP contribution in [0.5, 0.6) is 0 Å². The molecule has 0 bridgehead atoms. The summed E-state index contributed by atoms with van der Waals surface area (Å²) in [4.78, 5) is 35.7. The van der Waals surface area contributed by atoms with Gasteiger partial charge in [0.25, 0.3) is 0 Å². The molecular weight excluding hydrogens is 803 g/mol. The molecule has 0 aromatic heterocycles. The Hall–Kier alpha value is -2.19. The van der Waals surface area contributed by atoms with Crippen molar-refractivity contribution in [1.82, 2.24) is 0 Å². The summed E-state index contributed by atoms with van der Waals surface area (Å²) < 4.78 is 33.5. The largest absolute Gasteiger partial charge is 0.472 e. The molecule has 0 saturated heterocycles. The number of carbonyl (C=O) groups is 2. The van der Waals surface area contributed by atoms with Crippen molar-refractivity contribution in [2.45, 2.75) is 224 Å². The maximum Gasteiger partial charge on any atom is 0.472 e. The molecule has 13 nitrogen and oxygen atoms in total. The molecule has 61 heavy (non-hydrogen) atoms. The van der Waals surface area contributed by atoms with E-state index in [4.69, 9.17) is 18.5 Å². The van der Waals surface area contributed by atoms with E-state index in [0.717, 1.165) is 51.4 Å².